The summed E-state index contributed by atoms with van der Waals surface area (Å²) in [6.45, 7) is 1.22. The van der Waals surface area contributed by atoms with Crippen LogP contribution in [0.15, 0.2) is 53.4 Å². The Hall–Kier alpha value is -2.67. The van der Waals surface area contributed by atoms with Crippen molar-refractivity contribution in [1.82, 2.24) is 10.0 Å². The van der Waals surface area contributed by atoms with Gasteiger partial charge in [0.1, 0.15) is 6.04 Å². The van der Waals surface area contributed by atoms with Crippen LogP contribution >= 0.6 is 23.5 Å². The Bertz CT molecular complexity index is 1170. The lowest BCUT2D eigenvalue weighted by Gasteiger charge is -2.18. The van der Waals surface area contributed by atoms with Gasteiger partial charge in [-0.3, -0.25) is 15.6 Å². The van der Waals surface area contributed by atoms with E-state index in [2.05, 4.69) is 10.0 Å². The Morgan fingerprint density at radius 1 is 0.943 bits per heavy atom. The first kappa shape index (κ1) is 28.6. The quantitative estimate of drug-likeness (QED) is 0.196. The van der Waals surface area contributed by atoms with Crippen LogP contribution in [0.2, 0.25) is 0 Å². The lowest BCUT2D eigenvalue weighted by Crippen LogP contribution is -2.47. The van der Waals surface area contributed by atoms with E-state index in [1.54, 1.807) is 37.4 Å². The number of carbonyl (C=O) groups excluding carboxylic acids is 2. The predicted molar refractivity (Wildman–Crippen MR) is 141 cm³/mol. The first-order chi connectivity index (χ1) is 16.6. The minimum atomic E-state index is -3.97. The highest BCUT2D eigenvalue weighted by molar-refractivity contribution is 8.14. The molecule has 35 heavy (non-hydrogen) atoms. The summed E-state index contributed by atoms with van der Waals surface area (Å²) in [6.07, 6.45) is 3.71. The van der Waals surface area contributed by atoms with E-state index in [0.29, 0.717) is 15.7 Å². The van der Waals surface area contributed by atoms with Crippen molar-refractivity contribution < 1.29 is 22.7 Å². The van der Waals surface area contributed by atoms with Crippen LogP contribution in [-0.2, 0) is 30.8 Å². The third-order valence-electron chi connectivity index (χ3n) is 4.82. The third-order valence-corrected chi connectivity index (χ3v) is 7.53. The Kier molecular flexibility index (Phi) is 11.0. The van der Waals surface area contributed by atoms with Crippen molar-refractivity contribution in [3.63, 3.8) is 0 Å². The van der Waals surface area contributed by atoms with Crippen LogP contribution in [-0.4, -0.2) is 62.1 Å². The van der Waals surface area contributed by atoms with Gasteiger partial charge in [0.25, 0.3) is 0 Å². The van der Waals surface area contributed by atoms with Crippen LogP contribution in [0, 0.1) is 10.8 Å². The highest BCUT2D eigenvalue weighted by Gasteiger charge is 2.24. The molecule has 0 saturated heterocycles. The second-order valence-corrected chi connectivity index (χ2v) is 10.6. The summed E-state index contributed by atoms with van der Waals surface area (Å²) in [5.41, 5.74) is 2.08. The molecule has 0 heterocycles. The van der Waals surface area contributed by atoms with Crippen LogP contribution in [0.5, 0.6) is 0 Å². The second-order valence-electron chi connectivity index (χ2n) is 7.19. The molecule has 1 unspecified atom stereocenters. The number of sulfonamides is 1. The zero-order valence-corrected chi connectivity index (χ0v) is 22.0. The summed E-state index contributed by atoms with van der Waals surface area (Å²) < 4.78 is 32.4. The Morgan fingerprint density at radius 3 is 1.94 bits per heavy atom. The van der Waals surface area contributed by atoms with Crippen LogP contribution in [0.25, 0.3) is 0 Å². The largest absolute Gasteiger partial charge is 0.464 e. The molecule has 4 N–H and O–H groups in total. The number of rotatable bonds is 11. The normalized spacial score (nSPS) is 12.0. The van der Waals surface area contributed by atoms with Gasteiger partial charge in [-0.2, -0.15) is 0 Å². The van der Waals surface area contributed by atoms with Crippen molar-refractivity contribution in [1.29, 1.82) is 10.8 Å². The lowest BCUT2D eigenvalue weighted by atomic mass is 10.0. The van der Waals surface area contributed by atoms with Gasteiger partial charge in [0.2, 0.25) is 15.9 Å². The molecule has 0 fully saturated rings. The van der Waals surface area contributed by atoms with Gasteiger partial charge in [0.15, 0.2) is 0 Å². The van der Waals surface area contributed by atoms with Crippen molar-refractivity contribution in [2.45, 2.75) is 24.3 Å². The maximum atomic E-state index is 12.6. The van der Waals surface area contributed by atoms with E-state index in [4.69, 9.17) is 15.6 Å². The van der Waals surface area contributed by atoms with Gasteiger partial charge >= 0.3 is 5.97 Å². The van der Waals surface area contributed by atoms with E-state index >= 15 is 0 Å². The molecule has 0 radical (unpaired) electrons. The predicted octanol–water partition coefficient (Wildman–Crippen LogP) is 2.63. The highest BCUT2D eigenvalue weighted by atomic mass is 32.2. The SMILES string of the molecule is CCOC(=O)C(Cc1ccc(C(=N)SC)cc1)NC(=O)CNS(=O)(=O)c1ccc(C(=N)SC)cc1. The number of thioether (sulfide) groups is 2. The summed E-state index contributed by atoms with van der Waals surface area (Å²) in [4.78, 5) is 24.9. The van der Waals surface area contributed by atoms with Gasteiger partial charge in [-0.1, -0.05) is 36.4 Å². The fourth-order valence-electron chi connectivity index (χ4n) is 2.97. The van der Waals surface area contributed by atoms with Crippen LogP contribution < -0.4 is 10.0 Å². The number of carbonyl (C=O) groups is 2. The number of esters is 1. The number of benzene rings is 2. The van der Waals surface area contributed by atoms with Gasteiger partial charge in [-0.05, 0) is 37.1 Å². The molecule has 0 aliphatic heterocycles. The van der Waals surface area contributed by atoms with Crippen molar-refractivity contribution in [2.75, 3.05) is 25.7 Å². The average Bonchev–Trinajstić information content (AvgIpc) is 2.86. The molecule has 12 heteroatoms. The van der Waals surface area contributed by atoms with Crippen molar-refractivity contribution >= 4 is 55.5 Å². The van der Waals surface area contributed by atoms with Crippen molar-refractivity contribution in [3.05, 3.63) is 65.2 Å². The zero-order valence-electron chi connectivity index (χ0n) is 19.6. The van der Waals surface area contributed by atoms with Crippen LogP contribution in [0.1, 0.15) is 23.6 Å². The minimum absolute atomic E-state index is 0.0409. The number of nitrogens with one attached hydrogen (secondary N) is 4. The summed E-state index contributed by atoms with van der Waals surface area (Å²) in [5, 5.41) is 18.9. The fraction of sp³-hybridized carbons (Fsp3) is 0.304. The Morgan fingerprint density at radius 2 is 1.46 bits per heavy atom. The molecule has 1 atom stereocenters. The topological polar surface area (TPSA) is 149 Å². The molecule has 0 aromatic heterocycles. The van der Waals surface area contributed by atoms with Crippen molar-refractivity contribution in [2.24, 2.45) is 0 Å². The lowest BCUT2D eigenvalue weighted by molar-refractivity contribution is -0.147. The molecular formula is C23H28N4O5S3. The Balaban J connectivity index is 2.04. The number of ether oxygens (including phenoxy) is 1. The molecule has 0 bridgehead atoms. The maximum Gasteiger partial charge on any atom is 0.328 e. The van der Waals surface area contributed by atoms with Gasteiger partial charge in [-0.15, -0.1) is 23.5 Å². The molecule has 0 aliphatic carbocycles. The van der Waals surface area contributed by atoms with Gasteiger partial charge < -0.3 is 10.1 Å². The summed E-state index contributed by atoms with van der Waals surface area (Å²) in [7, 11) is -3.97. The van der Waals surface area contributed by atoms with E-state index < -0.39 is 34.5 Å². The summed E-state index contributed by atoms with van der Waals surface area (Å²) >= 11 is 2.55. The van der Waals surface area contributed by atoms with Gasteiger partial charge in [0, 0.05) is 17.5 Å². The Labute approximate surface area is 213 Å². The van der Waals surface area contributed by atoms with Crippen molar-refractivity contribution in [3.8, 4) is 0 Å². The maximum absolute atomic E-state index is 12.6. The molecule has 2 aromatic carbocycles. The van der Waals surface area contributed by atoms with Crippen LogP contribution in [0.4, 0.5) is 0 Å². The van der Waals surface area contributed by atoms with E-state index in [1.165, 1.54) is 47.8 Å². The molecule has 0 aliphatic rings. The molecule has 1 amide bonds. The highest BCUT2D eigenvalue weighted by Crippen LogP contribution is 2.15. The minimum Gasteiger partial charge on any atom is -0.464 e. The van der Waals surface area contributed by atoms with E-state index in [0.717, 1.165) is 11.1 Å². The summed E-state index contributed by atoms with van der Waals surface area (Å²) in [5.74, 6) is -1.32. The smallest absolute Gasteiger partial charge is 0.328 e. The molecule has 0 spiro atoms. The van der Waals surface area contributed by atoms with E-state index in [-0.39, 0.29) is 17.9 Å². The van der Waals surface area contributed by atoms with E-state index in [9.17, 15) is 18.0 Å². The molecule has 0 saturated carbocycles. The second kappa shape index (κ2) is 13.4. The third kappa shape index (κ3) is 8.49. The molecule has 2 aromatic rings. The number of amides is 1. The number of hydrogen-bond donors (Lipinski definition) is 4. The van der Waals surface area contributed by atoms with Crippen LogP contribution in [0.3, 0.4) is 0 Å². The monoisotopic (exact) mass is 536 g/mol. The first-order valence-corrected chi connectivity index (χ1v) is 14.4. The number of hydrogen-bond acceptors (Lipinski definition) is 9. The fourth-order valence-corrected chi connectivity index (χ4v) is 4.70. The average molecular weight is 537 g/mol. The zero-order chi connectivity index (χ0) is 26.0. The first-order valence-electron chi connectivity index (χ1n) is 10.5. The molecule has 2 rings (SSSR count). The molecule has 188 valence electrons. The van der Waals surface area contributed by atoms with Gasteiger partial charge in [-0.25, -0.2) is 17.9 Å². The summed E-state index contributed by atoms with van der Waals surface area (Å²) in [6, 6.07) is 11.8. The van der Waals surface area contributed by atoms with Gasteiger partial charge in [0.05, 0.1) is 28.1 Å². The molecular weight excluding hydrogens is 508 g/mol. The molecule has 9 nitrogen and oxygen atoms in total. The van der Waals surface area contributed by atoms with E-state index in [1.807, 2.05) is 6.26 Å². The standard InChI is InChI=1S/C23H28N4O5S3/c1-4-32-23(29)19(13-15-5-7-16(8-6-15)21(24)33-2)27-20(28)14-26-35(30,31)18-11-9-17(10-12-18)22(25)34-3/h5-12,19,24-26H,4,13-14H2,1-3H3,(H,27,28).